The zero-order chi connectivity index (χ0) is 38.3. The van der Waals surface area contributed by atoms with Crippen molar-refractivity contribution in [3.05, 3.63) is 200 Å². The molecule has 0 saturated carbocycles. The second kappa shape index (κ2) is 12.6. The number of nitrogen functional groups attached to an aromatic ring is 1. The Bertz CT molecular complexity index is 3590. The number of furan rings is 1. The topological polar surface area (TPSA) is 49.0 Å². The molecule has 0 fully saturated rings. The molecule has 3 heterocycles. The Morgan fingerprint density at radius 3 is 1.67 bits per heavy atom. The first kappa shape index (κ1) is 32.4. The number of nitrogens with two attached hydrogens (primary N) is 1. The van der Waals surface area contributed by atoms with Gasteiger partial charge in [-0.2, -0.15) is 0 Å². The number of fused-ring (bicyclic) bond motifs is 9. The van der Waals surface area contributed by atoms with Gasteiger partial charge in [-0.3, -0.25) is 0 Å². The van der Waals surface area contributed by atoms with Crippen molar-refractivity contribution < 1.29 is 4.42 Å². The van der Waals surface area contributed by atoms with Gasteiger partial charge in [0.1, 0.15) is 11.2 Å². The Morgan fingerprint density at radius 2 is 0.897 bits per heavy atom. The Kier molecular flexibility index (Phi) is 7.05. The van der Waals surface area contributed by atoms with Crippen LogP contribution in [-0.4, -0.2) is 9.13 Å². The molecule has 0 radical (unpaired) electrons. The summed E-state index contributed by atoms with van der Waals surface area (Å²) in [5, 5.41) is 7.12. The van der Waals surface area contributed by atoms with Crippen LogP contribution in [0.3, 0.4) is 0 Å². The quantitative estimate of drug-likeness (QED) is 0.179. The molecule has 0 aliphatic carbocycles. The van der Waals surface area contributed by atoms with Crippen LogP contribution in [0.25, 0.3) is 110 Å². The number of anilines is 1. The van der Waals surface area contributed by atoms with Crippen molar-refractivity contribution in [2.75, 3.05) is 5.73 Å². The Morgan fingerprint density at radius 1 is 0.328 bits per heavy atom. The fourth-order valence-electron chi connectivity index (χ4n) is 9.17. The van der Waals surface area contributed by atoms with E-state index in [2.05, 4.69) is 179 Å². The van der Waals surface area contributed by atoms with Gasteiger partial charge in [0.15, 0.2) is 0 Å². The maximum Gasteiger partial charge on any atom is 0.143 e. The number of nitrogens with zero attached hydrogens (tertiary/aromatic N) is 2. The van der Waals surface area contributed by atoms with E-state index in [0.717, 1.165) is 66.7 Å². The van der Waals surface area contributed by atoms with Crippen LogP contribution < -0.4 is 5.73 Å². The van der Waals surface area contributed by atoms with Crippen molar-refractivity contribution in [1.82, 2.24) is 9.13 Å². The molecule has 0 atom stereocenters. The molecule has 4 nitrogen and oxygen atoms in total. The molecule has 4 heteroatoms. The number of benzene rings is 9. The molecule has 0 saturated heterocycles. The lowest BCUT2D eigenvalue weighted by Crippen LogP contribution is -1.95. The monoisotopic (exact) mass is 741 g/mol. The van der Waals surface area contributed by atoms with Crippen LogP contribution in [0, 0.1) is 0 Å². The largest absolute Gasteiger partial charge is 0.455 e. The Balaban J connectivity index is 0.993. The van der Waals surface area contributed by atoms with Crippen molar-refractivity contribution in [1.29, 1.82) is 0 Å². The zero-order valence-electron chi connectivity index (χ0n) is 31.4. The Hall–Kier alpha value is -7.82. The summed E-state index contributed by atoms with van der Waals surface area (Å²) >= 11 is 0. The van der Waals surface area contributed by atoms with Gasteiger partial charge in [-0.05, 0) is 107 Å². The van der Waals surface area contributed by atoms with E-state index >= 15 is 0 Å². The average molecular weight is 742 g/mol. The lowest BCUT2D eigenvalue weighted by atomic mass is 9.96. The van der Waals surface area contributed by atoms with Crippen molar-refractivity contribution >= 4 is 71.2 Å². The first-order chi connectivity index (χ1) is 28.7. The van der Waals surface area contributed by atoms with E-state index in [-0.39, 0.29) is 0 Å². The van der Waals surface area contributed by atoms with Crippen LogP contribution in [0.5, 0.6) is 0 Å². The molecule has 0 bridgehead atoms. The van der Waals surface area contributed by atoms with Gasteiger partial charge in [0.05, 0.1) is 22.1 Å². The maximum absolute atomic E-state index is 6.48. The number of rotatable bonds is 5. The molecule has 0 amide bonds. The van der Waals surface area contributed by atoms with E-state index in [9.17, 15) is 0 Å². The minimum absolute atomic E-state index is 0.751. The third-order valence-electron chi connectivity index (χ3n) is 11.8. The molecule has 12 aromatic rings. The summed E-state index contributed by atoms with van der Waals surface area (Å²) in [6.07, 6.45) is 0. The summed E-state index contributed by atoms with van der Waals surface area (Å²) in [5.41, 5.74) is 22.6. The van der Waals surface area contributed by atoms with Gasteiger partial charge >= 0.3 is 0 Å². The number of hydrogen-bond donors (Lipinski definition) is 1. The normalized spacial score (nSPS) is 11.9. The van der Waals surface area contributed by atoms with Gasteiger partial charge in [0.25, 0.3) is 0 Å². The smallest absolute Gasteiger partial charge is 0.143 e. The average Bonchev–Trinajstić information content (AvgIpc) is 3.94. The van der Waals surface area contributed by atoms with E-state index in [1.165, 1.54) is 49.3 Å². The summed E-state index contributed by atoms with van der Waals surface area (Å²) in [6, 6.07) is 71.6. The molecular weight excluding hydrogens is 707 g/mol. The number of hydrogen-bond acceptors (Lipinski definition) is 2. The minimum atomic E-state index is 0.751. The number of aromatic nitrogens is 2. The molecule has 2 N–H and O–H groups in total. The van der Waals surface area contributed by atoms with Gasteiger partial charge in [0.2, 0.25) is 0 Å². The lowest BCUT2D eigenvalue weighted by Gasteiger charge is -2.10. The van der Waals surface area contributed by atoms with Gasteiger partial charge in [-0.1, -0.05) is 121 Å². The van der Waals surface area contributed by atoms with Crippen molar-refractivity contribution in [2.24, 2.45) is 0 Å². The molecule has 3 aromatic heterocycles. The van der Waals surface area contributed by atoms with Crippen LogP contribution >= 0.6 is 0 Å². The highest BCUT2D eigenvalue weighted by molar-refractivity contribution is 6.14. The van der Waals surface area contributed by atoms with Crippen molar-refractivity contribution in [2.45, 2.75) is 0 Å². The highest BCUT2D eigenvalue weighted by Gasteiger charge is 2.18. The highest BCUT2D eigenvalue weighted by atomic mass is 16.3. The second-order valence-electron chi connectivity index (χ2n) is 15.2. The first-order valence-corrected chi connectivity index (χ1v) is 19.7. The summed E-state index contributed by atoms with van der Waals surface area (Å²) in [6.45, 7) is 0. The van der Waals surface area contributed by atoms with E-state index in [4.69, 9.17) is 10.2 Å². The maximum atomic E-state index is 6.48. The molecule has 272 valence electrons. The lowest BCUT2D eigenvalue weighted by molar-refractivity contribution is 0.670. The van der Waals surface area contributed by atoms with Gasteiger partial charge in [-0.25, -0.2) is 0 Å². The second-order valence-corrected chi connectivity index (χ2v) is 15.2. The highest BCUT2D eigenvalue weighted by Crippen LogP contribution is 2.41. The standard InChI is InChI=1S/C54H35N3O/c55-39-13-9-16-41(33-39)57-49-21-6-4-17-43(49)47-30-36(25-28-51(47)57)34-11-8-12-35(29-34)37-24-27-50-48(31-37)44-26-23-38(32-52(44)56(50)40-14-2-1-3-15-40)42-19-10-20-46-45-18-5-7-22-53(45)58-54(42)46/h1-33H,55H2. The van der Waals surface area contributed by atoms with Gasteiger partial charge in [0, 0.05) is 54.9 Å². The van der Waals surface area contributed by atoms with Gasteiger partial charge in [-0.15, -0.1) is 0 Å². The molecule has 58 heavy (non-hydrogen) atoms. The van der Waals surface area contributed by atoms with Crippen LogP contribution in [0.15, 0.2) is 205 Å². The number of para-hydroxylation sites is 4. The van der Waals surface area contributed by atoms with E-state index in [0.29, 0.717) is 0 Å². The zero-order valence-corrected chi connectivity index (χ0v) is 31.4. The Labute approximate surface area is 334 Å². The van der Waals surface area contributed by atoms with E-state index < -0.39 is 0 Å². The van der Waals surface area contributed by atoms with Crippen LogP contribution in [0.1, 0.15) is 0 Å². The summed E-state index contributed by atoms with van der Waals surface area (Å²) in [5.74, 6) is 0. The minimum Gasteiger partial charge on any atom is -0.455 e. The van der Waals surface area contributed by atoms with Crippen LogP contribution in [-0.2, 0) is 0 Å². The predicted octanol–water partition coefficient (Wildman–Crippen LogP) is 14.4. The fourth-order valence-corrected chi connectivity index (χ4v) is 9.17. The molecule has 12 rings (SSSR count). The molecule has 9 aromatic carbocycles. The molecule has 0 aliphatic rings. The van der Waals surface area contributed by atoms with Crippen LogP contribution in [0.2, 0.25) is 0 Å². The van der Waals surface area contributed by atoms with E-state index in [1.54, 1.807) is 0 Å². The van der Waals surface area contributed by atoms with Crippen molar-refractivity contribution in [3.8, 4) is 44.8 Å². The molecule has 0 aliphatic heterocycles. The summed E-state index contributed by atoms with van der Waals surface area (Å²) in [4.78, 5) is 0. The summed E-state index contributed by atoms with van der Waals surface area (Å²) in [7, 11) is 0. The first-order valence-electron chi connectivity index (χ1n) is 19.7. The molecule has 0 spiro atoms. The summed E-state index contributed by atoms with van der Waals surface area (Å²) < 4.78 is 11.2. The third kappa shape index (κ3) is 4.95. The third-order valence-corrected chi connectivity index (χ3v) is 11.8. The SMILES string of the molecule is Nc1cccc(-n2c3ccccc3c3cc(-c4cccc(-c5ccc6c(c5)c5ccc(-c7cccc8c7oc7ccccc78)cc5n6-c5ccccc5)c4)ccc32)c1. The fraction of sp³-hybridized carbons (Fsp3) is 0. The molecule has 0 unspecified atom stereocenters. The van der Waals surface area contributed by atoms with Crippen LogP contribution in [0.4, 0.5) is 5.69 Å². The predicted molar refractivity (Wildman–Crippen MR) is 243 cm³/mol. The van der Waals surface area contributed by atoms with E-state index in [1.807, 2.05) is 30.3 Å². The van der Waals surface area contributed by atoms with Gasteiger partial charge < -0.3 is 19.3 Å². The molecular formula is C54H35N3O. The van der Waals surface area contributed by atoms with Crippen molar-refractivity contribution in [3.63, 3.8) is 0 Å².